The molecule has 0 radical (unpaired) electrons. The standard InChI is InChI=1S/C63H39NO2/c1-2-14-41(15-3-1)47-19-12-16-42-28-29-44(38-51(42)47)40-30-34-45(35-31-40)64(46-36-32-43-33-37-49-48-17-5-9-25-58(48)66-62(49)52(43)39-46)57-24-13-23-56-61(57)50-18-4-6-20-53(50)63(56)54-21-7-10-26-59(54)65-60-27-11-8-22-55(60)63/h1-39H. The van der Waals surface area contributed by atoms with Crippen molar-refractivity contribution in [3.05, 3.63) is 259 Å². The fourth-order valence-electron chi connectivity index (χ4n) is 11.3. The molecule has 0 atom stereocenters. The monoisotopic (exact) mass is 841 g/mol. The van der Waals surface area contributed by atoms with E-state index in [-0.39, 0.29) is 0 Å². The maximum absolute atomic E-state index is 6.69. The zero-order chi connectivity index (χ0) is 43.3. The molecule has 1 aliphatic heterocycles. The van der Waals surface area contributed by atoms with Gasteiger partial charge < -0.3 is 14.1 Å². The molecular formula is C63H39NO2. The van der Waals surface area contributed by atoms with E-state index >= 15 is 0 Å². The number of anilines is 3. The summed E-state index contributed by atoms with van der Waals surface area (Å²) in [6.45, 7) is 0. The summed E-state index contributed by atoms with van der Waals surface area (Å²) >= 11 is 0. The lowest BCUT2D eigenvalue weighted by atomic mass is 9.66. The van der Waals surface area contributed by atoms with Gasteiger partial charge in [0, 0.05) is 44.2 Å². The van der Waals surface area contributed by atoms with Gasteiger partial charge in [0.2, 0.25) is 0 Å². The fraction of sp³-hybridized carbons (Fsp3) is 0.0159. The van der Waals surface area contributed by atoms with Crippen molar-refractivity contribution in [2.45, 2.75) is 5.41 Å². The Morgan fingerprint density at radius 3 is 1.80 bits per heavy atom. The quantitative estimate of drug-likeness (QED) is 0.173. The van der Waals surface area contributed by atoms with Crippen molar-refractivity contribution in [2.24, 2.45) is 0 Å². The molecule has 1 aromatic heterocycles. The topological polar surface area (TPSA) is 25.6 Å². The van der Waals surface area contributed by atoms with E-state index in [2.05, 4.69) is 235 Å². The zero-order valence-corrected chi connectivity index (χ0v) is 35.8. The summed E-state index contributed by atoms with van der Waals surface area (Å²) < 4.78 is 13.4. The molecule has 66 heavy (non-hydrogen) atoms. The van der Waals surface area contributed by atoms with Gasteiger partial charge in [-0.2, -0.15) is 0 Å². The highest BCUT2D eigenvalue weighted by Crippen LogP contribution is 2.64. The predicted molar refractivity (Wildman–Crippen MR) is 272 cm³/mol. The highest BCUT2D eigenvalue weighted by Gasteiger charge is 2.51. The van der Waals surface area contributed by atoms with Gasteiger partial charge in [-0.15, -0.1) is 0 Å². The Morgan fingerprint density at radius 2 is 0.970 bits per heavy atom. The lowest BCUT2D eigenvalue weighted by Crippen LogP contribution is -2.32. The molecule has 0 saturated carbocycles. The zero-order valence-electron chi connectivity index (χ0n) is 35.8. The van der Waals surface area contributed by atoms with E-state index < -0.39 is 5.41 Å². The second kappa shape index (κ2) is 14.2. The van der Waals surface area contributed by atoms with Crippen LogP contribution in [0.4, 0.5) is 17.1 Å². The van der Waals surface area contributed by atoms with Crippen LogP contribution in [0.2, 0.25) is 0 Å². The van der Waals surface area contributed by atoms with Crippen LogP contribution < -0.4 is 9.64 Å². The van der Waals surface area contributed by atoms with Crippen molar-refractivity contribution < 1.29 is 9.15 Å². The lowest BCUT2D eigenvalue weighted by Gasteiger charge is -2.39. The van der Waals surface area contributed by atoms with Crippen LogP contribution in [-0.2, 0) is 5.41 Å². The SMILES string of the molecule is c1ccc(-c2cccc3ccc(-c4ccc(N(c5ccc6ccc7c8ccccc8oc7c6c5)c5cccc6c5-c5ccccc5C65c6ccccc6Oc6ccccc65)cc4)cc23)cc1. The summed E-state index contributed by atoms with van der Waals surface area (Å²) in [7, 11) is 0. The number of furan rings is 1. The predicted octanol–water partition coefficient (Wildman–Crippen LogP) is 17.2. The highest BCUT2D eigenvalue weighted by molar-refractivity contribution is 6.16. The number of hydrogen-bond donors (Lipinski definition) is 0. The third-order valence-electron chi connectivity index (χ3n) is 14.1. The molecule has 0 saturated heterocycles. The molecule has 11 aromatic carbocycles. The van der Waals surface area contributed by atoms with Crippen LogP contribution in [0.3, 0.4) is 0 Å². The van der Waals surface area contributed by atoms with E-state index in [0.29, 0.717) is 0 Å². The molecule has 0 fully saturated rings. The average Bonchev–Trinajstić information content (AvgIpc) is 3.91. The van der Waals surface area contributed by atoms with Crippen LogP contribution >= 0.6 is 0 Å². The first kappa shape index (κ1) is 36.8. The number of para-hydroxylation sites is 3. The van der Waals surface area contributed by atoms with Crippen molar-refractivity contribution in [3.63, 3.8) is 0 Å². The normalized spacial score (nSPS) is 13.1. The van der Waals surface area contributed by atoms with Crippen molar-refractivity contribution in [1.82, 2.24) is 0 Å². The summed E-state index contributed by atoms with van der Waals surface area (Å²) in [5, 5.41) is 6.91. The van der Waals surface area contributed by atoms with Crippen LogP contribution in [0.1, 0.15) is 22.3 Å². The van der Waals surface area contributed by atoms with E-state index in [1.54, 1.807) is 0 Å². The third-order valence-corrected chi connectivity index (χ3v) is 14.1. The smallest absolute Gasteiger partial charge is 0.143 e. The first-order valence-corrected chi connectivity index (χ1v) is 22.7. The molecular weight excluding hydrogens is 803 g/mol. The van der Waals surface area contributed by atoms with E-state index in [9.17, 15) is 0 Å². The van der Waals surface area contributed by atoms with Crippen molar-refractivity contribution in [1.29, 1.82) is 0 Å². The first-order valence-electron chi connectivity index (χ1n) is 22.7. The number of rotatable bonds is 5. The maximum Gasteiger partial charge on any atom is 0.143 e. The Balaban J connectivity index is 1.00. The van der Waals surface area contributed by atoms with Crippen molar-refractivity contribution >= 4 is 60.5 Å². The fourth-order valence-corrected chi connectivity index (χ4v) is 11.3. The molecule has 14 rings (SSSR count). The minimum absolute atomic E-state index is 0.596. The van der Waals surface area contributed by atoms with Gasteiger partial charge in [0.25, 0.3) is 0 Å². The molecule has 308 valence electrons. The number of ether oxygens (including phenoxy) is 1. The van der Waals surface area contributed by atoms with Gasteiger partial charge in [0.05, 0.1) is 11.1 Å². The molecule has 2 aliphatic rings. The van der Waals surface area contributed by atoms with Gasteiger partial charge in [0.1, 0.15) is 22.7 Å². The van der Waals surface area contributed by atoms with Crippen molar-refractivity contribution in [2.75, 3.05) is 4.90 Å². The van der Waals surface area contributed by atoms with Crippen LogP contribution in [0.5, 0.6) is 11.5 Å². The Kier molecular flexibility index (Phi) is 7.90. The summed E-state index contributed by atoms with van der Waals surface area (Å²) in [5.74, 6) is 1.76. The van der Waals surface area contributed by atoms with Crippen LogP contribution in [0.15, 0.2) is 241 Å². The van der Waals surface area contributed by atoms with E-state index in [0.717, 1.165) is 78.0 Å². The van der Waals surface area contributed by atoms with Crippen LogP contribution in [0, 0.1) is 0 Å². The first-order chi connectivity index (χ1) is 32.7. The van der Waals surface area contributed by atoms with Gasteiger partial charge >= 0.3 is 0 Å². The van der Waals surface area contributed by atoms with E-state index in [1.807, 2.05) is 6.07 Å². The molecule has 12 aromatic rings. The number of nitrogens with zero attached hydrogens (tertiary/aromatic N) is 1. The van der Waals surface area contributed by atoms with Gasteiger partial charge in [-0.1, -0.05) is 176 Å². The molecule has 0 amide bonds. The largest absolute Gasteiger partial charge is 0.457 e. The van der Waals surface area contributed by atoms with Gasteiger partial charge in [0.15, 0.2) is 0 Å². The highest BCUT2D eigenvalue weighted by atomic mass is 16.5. The minimum Gasteiger partial charge on any atom is -0.457 e. The second-order valence-corrected chi connectivity index (χ2v) is 17.5. The molecule has 3 heteroatoms. The molecule has 2 heterocycles. The Labute approximate surface area is 382 Å². The Bertz CT molecular complexity index is 3870. The molecule has 0 N–H and O–H groups in total. The van der Waals surface area contributed by atoms with E-state index in [4.69, 9.17) is 9.15 Å². The average molecular weight is 842 g/mol. The molecule has 1 spiro atoms. The number of benzene rings is 11. The van der Waals surface area contributed by atoms with E-state index in [1.165, 1.54) is 49.7 Å². The third kappa shape index (κ3) is 5.26. The summed E-state index contributed by atoms with van der Waals surface area (Å²) in [6.07, 6.45) is 0. The molecule has 1 aliphatic carbocycles. The molecule has 3 nitrogen and oxygen atoms in total. The Morgan fingerprint density at radius 1 is 0.348 bits per heavy atom. The van der Waals surface area contributed by atoms with Gasteiger partial charge in [-0.05, 0) is 116 Å². The maximum atomic E-state index is 6.69. The van der Waals surface area contributed by atoms with Gasteiger partial charge in [-0.3, -0.25) is 0 Å². The van der Waals surface area contributed by atoms with Crippen LogP contribution in [-0.4, -0.2) is 0 Å². The molecule has 0 unspecified atom stereocenters. The van der Waals surface area contributed by atoms with Crippen molar-refractivity contribution in [3.8, 4) is 44.9 Å². The minimum atomic E-state index is -0.596. The number of fused-ring (bicyclic) bond motifs is 15. The van der Waals surface area contributed by atoms with Gasteiger partial charge in [-0.25, -0.2) is 0 Å². The number of hydrogen-bond acceptors (Lipinski definition) is 3. The van der Waals surface area contributed by atoms with Crippen LogP contribution in [0.25, 0.3) is 76.9 Å². The molecule has 0 bridgehead atoms. The lowest BCUT2D eigenvalue weighted by molar-refractivity contribution is 0.436. The second-order valence-electron chi connectivity index (χ2n) is 17.5. The Hall–Kier alpha value is -8.66. The summed E-state index contributed by atoms with van der Waals surface area (Å²) in [6, 6.07) is 85.7. The summed E-state index contributed by atoms with van der Waals surface area (Å²) in [4.78, 5) is 2.45. The summed E-state index contributed by atoms with van der Waals surface area (Å²) in [5.41, 5.74) is 16.4.